The molecule has 0 spiro atoms. The van der Waals surface area contributed by atoms with Gasteiger partial charge in [-0.15, -0.1) is 0 Å². The molecule has 1 aromatic carbocycles. The molecule has 2 atom stereocenters. The minimum Gasteiger partial charge on any atom is -0.392 e. The van der Waals surface area contributed by atoms with Crippen LogP contribution in [0.1, 0.15) is 61.8 Å². The number of likely N-dealkylation sites (tertiary alicyclic amines) is 1. The van der Waals surface area contributed by atoms with Crippen LogP contribution in [0.25, 0.3) is 27.8 Å². The number of nitrogens with one attached hydrogen (secondary N) is 2. The highest BCUT2D eigenvalue weighted by molar-refractivity contribution is 5.92. The van der Waals surface area contributed by atoms with Crippen LogP contribution in [0.2, 0.25) is 0 Å². The summed E-state index contributed by atoms with van der Waals surface area (Å²) in [7, 11) is 0. The molecular weight excluding hydrogens is 452 g/mol. The van der Waals surface area contributed by atoms with Crippen LogP contribution < -0.4 is 5.32 Å². The molecule has 5 heterocycles. The standard InChI is InChI=1S/C28H34N6O2/c1-16(2)26-22-11-19(18-6-8-33(9-7-18)28(36)24-13-21(35)14-29-24)4-5-23(22)32-27(26)20-10-17(3)34-25(12-20)30-15-31-34/h4-5,10-12,15-16,18,21,24,29,32,35H,6-9,13-14H2,1-3H3/t21-,24+/m1/s1. The Bertz CT molecular complexity index is 1430. The maximum atomic E-state index is 12.8. The van der Waals surface area contributed by atoms with Crippen molar-refractivity contribution in [1.29, 1.82) is 0 Å². The van der Waals surface area contributed by atoms with Crippen molar-refractivity contribution in [2.75, 3.05) is 19.6 Å². The first-order valence-electron chi connectivity index (χ1n) is 13.1. The molecule has 2 aliphatic rings. The quantitative estimate of drug-likeness (QED) is 0.408. The molecule has 3 aromatic heterocycles. The molecule has 3 N–H and O–H groups in total. The summed E-state index contributed by atoms with van der Waals surface area (Å²) >= 11 is 0. The monoisotopic (exact) mass is 486 g/mol. The summed E-state index contributed by atoms with van der Waals surface area (Å²) in [6.45, 7) is 8.60. The van der Waals surface area contributed by atoms with Gasteiger partial charge in [-0.3, -0.25) is 4.79 Å². The molecule has 0 bridgehead atoms. The Morgan fingerprint density at radius 1 is 1.17 bits per heavy atom. The summed E-state index contributed by atoms with van der Waals surface area (Å²) in [6, 6.07) is 10.9. The van der Waals surface area contributed by atoms with Gasteiger partial charge in [0.15, 0.2) is 5.65 Å². The highest BCUT2D eigenvalue weighted by Crippen LogP contribution is 2.38. The van der Waals surface area contributed by atoms with Gasteiger partial charge in [-0.1, -0.05) is 19.9 Å². The second-order valence-corrected chi connectivity index (χ2v) is 10.7. The first-order valence-corrected chi connectivity index (χ1v) is 13.1. The van der Waals surface area contributed by atoms with Gasteiger partial charge in [-0.25, -0.2) is 9.50 Å². The Hall–Kier alpha value is -3.23. The largest absolute Gasteiger partial charge is 0.392 e. The van der Waals surface area contributed by atoms with Crippen molar-refractivity contribution in [1.82, 2.24) is 29.8 Å². The van der Waals surface area contributed by atoms with E-state index in [9.17, 15) is 9.90 Å². The van der Waals surface area contributed by atoms with Gasteiger partial charge in [0.25, 0.3) is 0 Å². The number of H-pyrrole nitrogens is 1. The van der Waals surface area contributed by atoms with E-state index >= 15 is 0 Å². The van der Waals surface area contributed by atoms with Crippen LogP contribution in [0.4, 0.5) is 0 Å². The highest BCUT2D eigenvalue weighted by Gasteiger charge is 2.33. The molecule has 6 rings (SSSR count). The van der Waals surface area contributed by atoms with E-state index in [0.717, 1.165) is 54.0 Å². The van der Waals surface area contributed by atoms with Gasteiger partial charge >= 0.3 is 0 Å². The number of piperidine rings is 1. The predicted molar refractivity (Wildman–Crippen MR) is 140 cm³/mol. The van der Waals surface area contributed by atoms with E-state index in [1.165, 1.54) is 16.5 Å². The molecular formula is C28H34N6O2. The zero-order valence-electron chi connectivity index (χ0n) is 21.2. The molecule has 0 aliphatic carbocycles. The van der Waals surface area contributed by atoms with Gasteiger partial charge < -0.3 is 20.3 Å². The number of aromatic amines is 1. The Morgan fingerprint density at radius 2 is 1.97 bits per heavy atom. The number of aromatic nitrogens is 4. The number of benzene rings is 1. The lowest BCUT2D eigenvalue weighted by molar-refractivity contribution is -0.134. The van der Waals surface area contributed by atoms with Crippen molar-refractivity contribution in [3.05, 3.63) is 53.5 Å². The van der Waals surface area contributed by atoms with E-state index in [1.54, 1.807) is 6.33 Å². The number of hydrogen-bond acceptors (Lipinski definition) is 5. The van der Waals surface area contributed by atoms with Gasteiger partial charge in [-0.2, -0.15) is 5.10 Å². The number of aliphatic hydroxyl groups is 1. The normalized spacial score (nSPS) is 21.3. The fraction of sp³-hybridized carbons (Fsp3) is 0.464. The summed E-state index contributed by atoms with van der Waals surface area (Å²) < 4.78 is 1.86. The summed E-state index contributed by atoms with van der Waals surface area (Å²) in [5.74, 6) is 0.929. The van der Waals surface area contributed by atoms with Crippen LogP contribution in [0, 0.1) is 6.92 Å². The number of β-amino-alcohol motifs (C(OH)–C–C–N with tert-alkyl or cyclic N) is 1. The van der Waals surface area contributed by atoms with Gasteiger partial charge in [-0.05, 0) is 73.4 Å². The van der Waals surface area contributed by atoms with Gasteiger partial charge in [0.05, 0.1) is 17.8 Å². The number of carbonyl (C=O) groups excluding carboxylic acids is 1. The predicted octanol–water partition coefficient (Wildman–Crippen LogP) is 3.74. The second-order valence-electron chi connectivity index (χ2n) is 10.7. The maximum absolute atomic E-state index is 12.8. The minimum atomic E-state index is -0.410. The van der Waals surface area contributed by atoms with Crippen molar-refractivity contribution in [3.63, 3.8) is 0 Å². The Morgan fingerprint density at radius 3 is 2.69 bits per heavy atom. The maximum Gasteiger partial charge on any atom is 0.239 e. The molecule has 1 amide bonds. The van der Waals surface area contributed by atoms with Crippen molar-refractivity contribution in [2.24, 2.45) is 0 Å². The summed E-state index contributed by atoms with van der Waals surface area (Å²) in [5, 5.41) is 18.5. The van der Waals surface area contributed by atoms with Crippen molar-refractivity contribution in [3.8, 4) is 11.3 Å². The number of aliphatic hydroxyl groups excluding tert-OH is 1. The number of nitrogens with zero attached hydrogens (tertiary/aromatic N) is 4. The Kier molecular flexibility index (Phi) is 5.80. The van der Waals surface area contributed by atoms with Crippen molar-refractivity contribution < 1.29 is 9.90 Å². The van der Waals surface area contributed by atoms with E-state index in [0.29, 0.717) is 24.8 Å². The minimum absolute atomic E-state index is 0.137. The lowest BCUT2D eigenvalue weighted by atomic mass is 9.87. The zero-order valence-corrected chi connectivity index (χ0v) is 21.2. The Balaban J connectivity index is 1.28. The van der Waals surface area contributed by atoms with Gasteiger partial charge in [0, 0.05) is 41.8 Å². The zero-order chi connectivity index (χ0) is 25.0. The third-order valence-corrected chi connectivity index (χ3v) is 7.97. The van der Waals surface area contributed by atoms with Crippen LogP contribution in [-0.4, -0.2) is 67.3 Å². The van der Waals surface area contributed by atoms with Crippen LogP contribution in [0.5, 0.6) is 0 Å². The number of rotatable bonds is 4. The van der Waals surface area contributed by atoms with E-state index in [4.69, 9.17) is 0 Å². The molecule has 0 unspecified atom stereocenters. The molecule has 0 saturated carbocycles. The third kappa shape index (κ3) is 3.98. The fourth-order valence-corrected chi connectivity index (χ4v) is 6.10. The van der Waals surface area contributed by atoms with Crippen molar-refractivity contribution in [2.45, 2.75) is 64.0 Å². The first-order chi connectivity index (χ1) is 17.4. The summed E-state index contributed by atoms with van der Waals surface area (Å²) in [6.07, 6.45) is 3.63. The molecule has 188 valence electrons. The first kappa shape index (κ1) is 23.2. The van der Waals surface area contributed by atoms with Crippen LogP contribution >= 0.6 is 0 Å². The molecule has 36 heavy (non-hydrogen) atoms. The van der Waals surface area contributed by atoms with Gasteiger partial charge in [0.1, 0.15) is 6.33 Å². The van der Waals surface area contributed by atoms with Crippen molar-refractivity contribution >= 4 is 22.5 Å². The summed E-state index contributed by atoms with van der Waals surface area (Å²) in [5.41, 5.74) is 8.01. The van der Waals surface area contributed by atoms with E-state index in [1.807, 2.05) is 9.42 Å². The van der Waals surface area contributed by atoms with Crippen LogP contribution in [0.3, 0.4) is 0 Å². The number of carbonyl (C=O) groups is 1. The average molecular weight is 487 g/mol. The van der Waals surface area contributed by atoms with E-state index in [2.05, 4.69) is 71.5 Å². The second kappa shape index (κ2) is 9.01. The Labute approximate surface area is 210 Å². The topological polar surface area (TPSA) is 98.5 Å². The number of aryl methyl sites for hydroxylation is 1. The smallest absolute Gasteiger partial charge is 0.239 e. The third-order valence-electron chi connectivity index (χ3n) is 7.97. The molecule has 4 aromatic rings. The lowest BCUT2D eigenvalue weighted by Gasteiger charge is -2.34. The molecule has 2 saturated heterocycles. The molecule has 0 radical (unpaired) electrons. The number of hydrogen-bond donors (Lipinski definition) is 3. The highest BCUT2D eigenvalue weighted by atomic mass is 16.3. The number of fused-ring (bicyclic) bond motifs is 2. The molecule has 8 heteroatoms. The fourth-order valence-electron chi connectivity index (χ4n) is 6.10. The lowest BCUT2D eigenvalue weighted by Crippen LogP contribution is -2.46. The number of amides is 1. The average Bonchev–Trinajstić information content (AvgIpc) is 3.61. The summed E-state index contributed by atoms with van der Waals surface area (Å²) in [4.78, 5) is 22.9. The van der Waals surface area contributed by atoms with Crippen LogP contribution in [0.15, 0.2) is 36.7 Å². The van der Waals surface area contributed by atoms with Gasteiger partial charge in [0.2, 0.25) is 5.91 Å². The molecule has 8 nitrogen and oxygen atoms in total. The van der Waals surface area contributed by atoms with Crippen LogP contribution in [-0.2, 0) is 4.79 Å². The number of pyridine rings is 1. The SMILES string of the molecule is Cc1cc(-c2[nH]c3ccc(C4CCN(C(=O)[C@@H]5C[C@@H](O)CN5)CC4)cc3c2C(C)C)cc2ncnn12. The van der Waals surface area contributed by atoms with E-state index in [-0.39, 0.29) is 11.9 Å². The molecule has 2 aliphatic heterocycles. The van der Waals surface area contributed by atoms with E-state index < -0.39 is 6.10 Å². The molecule has 2 fully saturated rings.